The number of hydrogen-bond acceptors (Lipinski definition) is 12. The van der Waals surface area contributed by atoms with Crippen LogP contribution < -0.4 is 16.8 Å². The molecule has 8 N–H and O–H groups in total. The van der Waals surface area contributed by atoms with Crippen LogP contribution in [0.3, 0.4) is 0 Å². The first-order chi connectivity index (χ1) is 28.6. The number of amides is 1. The van der Waals surface area contributed by atoms with Crippen molar-refractivity contribution in [2.45, 2.75) is 222 Å². The summed E-state index contributed by atoms with van der Waals surface area (Å²) in [4.78, 5) is 36.1. The third-order valence-electron chi connectivity index (χ3n) is 13.8. The standard InChI is InChI=1S/C45H78N6O8/c1-3-4-20-35-24-26-43(58-35)32-34-22-23-36-38(44(25-17-19-33(2)57-44)49-42(48-43)51(34)36)40(53)56-31-16-14-12-10-8-6-5-7-9-11-13-15-21-37-39(52)50(30-18-28-46)41(54)45(55,59-37)27-29-47/h4,20,33-38,41,54-55H,3,5-19,21-32,46-47H2,1-2H3,(H,48,49)/p+1/b20-4+/t33-,34+,35+,36-,37-,38-,41-,43+,44-,45+/m0/s1. The third kappa shape index (κ3) is 11.2. The molecule has 336 valence electrons. The Morgan fingerprint density at radius 3 is 2.37 bits per heavy atom. The molecule has 0 aromatic carbocycles. The molecule has 0 aromatic rings. The number of unbranched alkanes of at least 4 members (excludes halogenated alkanes) is 11. The molecule has 10 atom stereocenters. The van der Waals surface area contributed by atoms with Gasteiger partial charge in [0.25, 0.3) is 5.91 Å². The van der Waals surface area contributed by atoms with Crippen LogP contribution in [-0.2, 0) is 28.5 Å². The summed E-state index contributed by atoms with van der Waals surface area (Å²) in [6.07, 6.45) is 25.4. The number of rotatable bonds is 23. The zero-order valence-corrected chi connectivity index (χ0v) is 36.5. The van der Waals surface area contributed by atoms with Crippen molar-refractivity contribution >= 4 is 17.8 Å². The van der Waals surface area contributed by atoms with E-state index in [0.717, 1.165) is 109 Å². The fourth-order valence-corrected chi connectivity index (χ4v) is 10.8. The van der Waals surface area contributed by atoms with E-state index in [-0.39, 0.29) is 43.1 Å². The SMILES string of the molecule is CC/C=C/[C@@H]1CC[C@]2(C[C@H]3CC[C@H]4[C@@H](C(=O)OCCCCCCCCCCCCCC[C@@H]5O[C@](O)(CCN)[C@H](O)N(CCC[NH3+])C5=O)[C@@]5(CCC[C@H](C)O5)N=C(N2)N34)O1. The zero-order chi connectivity index (χ0) is 41.9. The van der Waals surface area contributed by atoms with Gasteiger partial charge in [-0.25, -0.2) is 4.99 Å². The molecule has 2 spiro atoms. The van der Waals surface area contributed by atoms with E-state index in [9.17, 15) is 19.8 Å². The molecule has 14 nitrogen and oxygen atoms in total. The molecule has 0 bridgehead atoms. The highest BCUT2D eigenvalue weighted by atomic mass is 16.7. The van der Waals surface area contributed by atoms with Gasteiger partial charge in [-0.05, 0) is 77.7 Å². The van der Waals surface area contributed by atoms with E-state index in [4.69, 9.17) is 29.7 Å². The fraction of sp³-hybridized carbons (Fsp3) is 0.889. The number of hydrogen-bond donors (Lipinski definition) is 5. The van der Waals surface area contributed by atoms with Crippen LogP contribution in [-0.4, -0.2) is 118 Å². The molecule has 6 rings (SSSR count). The summed E-state index contributed by atoms with van der Waals surface area (Å²) in [5.74, 6) is -1.80. The monoisotopic (exact) mass is 832 g/mol. The number of nitrogens with zero attached hydrogens (tertiary/aromatic N) is 3. The minimum absolute atomic E-state index is 0.0226. The number of morpholine rings is 1. The molecule has 0 aromatic heterocycles. The number of carbonyl (C=O) groups is 2. The highest BCUT2D eigenvalue weighted by Crippen LogP contribution is 2.50. The molecule has 1 amide bonds. The number of carbonyl (C=O) groups excluding carboxylic acids is 2. The molecule has 5 saturated heterocycles. The molecule has 6 heterocycles. The summed E-state index contributed by atoms with van der Waals surface area (Å²) in [6.45, 7) is 5.84. The molecule has 0 unspecified atom stereocenters. The molecule has 59 heavy (non-hydrogen) atoms. The summed E-state index contributed by atoms with van der Waals surface area (Å²) < 4.78 is 25.2. The average molecular weight is 832 g/mol. The van der Waals surface area contributed by atoms with Crippen molar-refractivity contribution in [3.8, 4) is 0 Å². The normalized spacial score (nSPS) is 35.5. The van der Waals surface area contributed by atoms with Crippen LogP contribution in [0.15, 0.2) is 17.1 Å². The van der Waals surface area contributed by atoms with Gasteiger partial charge in [-0.15, -0.1) is 0 Å². The number of allylic oxidation sites excluding steroid dienone is 1. The summed E-state index contributed by atoms with van der Waals surface area (Å²) >= 11 is 0. The average Bonchev–Trinajstić information content (AvgIpc) is 3.81. The summed E-state index contributed by atoms with van der Waals surface area (Å²) in [5, 5.41) is 25.3. The fourth-order valence-electron chi connectivity index (χ4n) is 10.8. The van der Waals surface area contributed by atoms with Gasteiger partial charge in [0.05, 0.1) is 31.4 Å². The van der Waals surface area contributed by atoms with Crippen molar-refractivity contribution in [3.05, 3.63) is 12.2 Å². The number of esters is 1. The number of ether oxygens (including phenoxy) is 4. The maximum atomic E-state index is 14.0. The van der Waals surface area contributed by atoms with Gasteiger partial charge >= 0.3 is 5.97 Å². The van der Waals surface area contributed by atoms with Gasteiger partial charge in [-0.3, -0.25) is 9.59 Å². The van der Waals surface area contributed by atoms with E-state index in [1.165, 1.54) is 37.0 Å². The largest absolute Gasteiger partial charge is 0.465 e. The van der Waals surface area contributed by atoms with Crippen molar-refractivity contribution in [1.29, 1.82) is 0 Å². The lowest BCUT2D eigenvalue weighted by Gasteiger charge is -2.54. The third-order valence-corrected chi connectivity index (χ3v) is 13.8. The van der Waals surface area contributed by atoms with Crippen molar-refractivity contribution in [2.24, 2.45) is 16.6 Å². The Morgan fingerprint density at radius 1 is 0.983 bits per heavy atom. The van der Waals surface area contributed by atoms with Gasteiger partial charge in [-0.1, -0.05) is 89.7 Å². The first-order valence-electron chi connectivity index (χ1n) is 23.8. The summed E-state index contributed by atoms with van der Waals surface area (Å²) in [6, 6.07) is 0.321. The van der Waals surface area contributed by atoms with Crippen molar-refractivity contribution < 1.29 is 44.5 Å². The Bertz CT molecular complexity index is 1420. The summed E-state index contributed by atoms with van der Waals surface area (Å²) in [7, 11) is 0. The molecule has 5 fully saturated rings. The minimum atomic E-state index is -1.83. The second-order valence-electron chi connectivity index (χ2n) is 18.4. The summed E-state index contributed by atoms with van der Waals surface area (Å²) in [5.41, 5.74) is 8.19. The van der Waals surface area contributed by atoms with E-state index >= 15 is 0 Å². The topological polar surface area (TPSA) is 196 Å². The maximum Gasteiger partial charge on any atom is 0.316 e. The first kappa shape index (κ1) is 46.2. The predicted molar refractivity (Wildman–Crippen MR) is 225 cm³/mol. The number of quaternary nitrogens is 1. The number of nitrogens with one attached hydrogen (secondary N) is 1. The molecule has 14 heteroatoms. The molecular weight excluding hydrogens is 753 g/mol. The van der Waals surface area contributed by atoms with E-state index in [1.54, 1.807) is 0 Å². The van der Waals surface area contributed by atoms with E-state index < -0.39 is 35.5 Å². The number of nitrogens with two attached hydrogens (primary N) is 1. The Morgan fingerprint density at radius 2 is 1.69 bits per heavy atom. The Hall–Kier alpha value is -2.33. The van der Waals surface area contributed by atoms with Gasteiger partial charge in [0.15, 0.2) is 17.9 Å². The van der Waals surface area contributed by atoms with Crippen LogP contribution >= 0.6 is 0 Å². The van der Waals surface area contributed by atoms with Crippen LogP contribution in [0.1, 0.15) is 168 Å². The van der Waals surface area contributed by atoms with Crippen molar-refractivity contribution in [2.75, 3.05) is 26.2 Å². The van der Waals surface area contributed by atoms with Gasteiger partial charge in [0.1, 0.15) is 17.7 Å². The molecule has 6 aliphatic heterocycles. The smallest absolute Gasteiger partial charge is 0.316 e. The molecule has 0 aliphatic carbocycles. The molecule has 6 aliphatic rings. The lowest BCUT2D eigenvalue weighted by molar-refractivity contribution is -0.370. The van der Waals surface area contributed by atoms with Crippen LogP contribution in [0, 0.1) is 5.92 Å². The quantitative estimate of drug-likeness (QED) is 0.0542. The van der Waals surface area contributed by atoms with Gasteiger partial charge in [0, 0.05) is 31.8 Å². The predicted octanol–water partition coefficient (Wildman–Crippen LogP) is 4.76. The second kappa shape index (κ2) is 21.6. The zero-order valence-electron chi connectivity index (χ0n) is 36.5. The number of aliphatic hydroxyl groups excluding tert-OH is 1. The number of aliphatic hydroxyl groups is 2. The maximum absolute atomic E-state index is 14.0. The Balaban J connectivity index is 0.849. The van der Waals surface area contributed by atoms with E-state index in [1.807, 2.05) is 0 Å². The van der Waals surface area contributed by atoms with Crippen LogP contribution in [0.25, 0.3) is 0 Å². The van der Waals surface area contributed by atoms with Gasteiger partial charge in [-0.2, -0.15) is 0 Å². The Labute approximate surface area is 353 Å². The highest BCUT2D eigenvalue weighted by molar-refractivity contribution is 5.87. The van der Waals surface area contributed by atoms with Crippen LogP contribution in [0.4, 0.5) is 0 Å². The van der Waals surface area contributed by atoms with Gasteiger partial charge in [0.2, 0.25) is 5.79 Å². The highest BCUT2D eigenvalue weighted by Gasteiger charge is 2.62. The van der Waals surface area contributed by atoms with Crippen LogP contribution in [0.2, 0.25) is 0 Å². The number of guanidine groups is 1. The molecule has 0 saturated carbocycles. The second-order valence-corrected chi connectivity index (χ2v) is 18.4. The lowest BCUT2D eigenvalue weighted by atomic mass is 9.80. The van der Waals surface area contributed by atoms with Crippen molar-refractivity contribution in [3.63, 3.8) is 0 Å². The molecule has 0 radical (unpaired) electrons. The first-order valence-corrected chi connectivity index (χ1v) is 23.8. The van der Waals surface area contributed by atoms with E-state index in [2.05, 4.69) is 41.9 Å². The lowest BCUT2D eigenvalue weighted by Crippen LogP contribution is -2.70. The Kier molecular flexibility index (Phi) is 16.9. The minimum Gasteiger partial charge on any atom is -0.465 e. The van der Waals surface area contributed by atoms with Gasteiger partial charge < -0.3 is 55.7 Å². The van der Waals surface area contributed by atoms with Crippen molar-refractivity contribution in [1.82, 2.24) is 15.1 Å². The molecular formula is C45H79N6O8+. The van der Waals surface area contributed by atoms with Crippen LogP contribution in [0.5, 0.6) is 0 Å². The number of aliphatic imine (C=N–C) groups is 1. The van der Waals surface area contributed by atoms with E-state index in [0.29, 0.717) is 38.6 Å².